The molecule has 0 aromatic heterocycles. The van der Waals surface area contributed by atoms with Gasteiger partial charge in [-0.25, -0.2) is 0 Å². The van der Waals surface area contributed by atoms with Crippen LogP contribution < -0.4 is 5.11 Å². The minimum atomic E-state index is -1.63. The molecule has 0 aliphatic heterocycles. The fraction of sp³-hybridized carbons (Fsp3) is 0.671. The zero-order valence-electron chi connectivity index (χ0n) is 55.2. The molecule has 0 spiro atoms. The van der Waals surface area contributed by atoms with Crippen LogP contribution >= 0.6 is 0 Å². The van der Waals surface area contributed by atoms with Crippen LogP contribution in [0.15, 0.2) is 134 Å². The van der Waals surface area contributed by atoms with E-state index in [2.05, 4.69) is 148 Å². The minimum Gasteiger partial charge on any atom is -0.545 e. The first-order valence-corrected chi connectivity index (χ1v) is 34.3. The number of ether oxygens (including phenoxy) is 4. The van der Waals surface area contributed by atoms with E-state index >= 15 is 0 Å². The van der Waals surface area contributed by atoms with Crippen LogP contribution in [0.2, 0.25) is 0 Å². The third-order valence-corrected chi connectivity index (χ3v) is 14.4. The lowest BCUT2D eigenvalue weighted by atomic mass is 10.0. The average molecular weight is 1180 g/mol. The van der Waals surface area contributed by atoms with Crippen molar-refractivity contribution >= 4 is 17.9 Å². The van der Waals surface area contributed by atoms with E-state index in [4.69, 9.17) is 18.9 Å². The highest BCUT2D eigenvalue weighted by Gasteiger charge is 2.22. The van der Waals surface area contributed by atoms with Gasteiger partial charge in [-0.1, -0.05) is 276 Å². The molecule has 0 amide bonds. The van der Waals surface area contributed by atoms with E-state index in [1.54, 1.807) is 0 Å². The van der Waals surface area contributed by atoms with Crippen LogP contribution in [0.1, 0.15) is 271 Å². The fourth-order valence-corrected chi connectivity index (χ4v) is 9.15. The summed E-state index contributed by atoms with van der Waals surface area (Å²) in [5.41, 5.74) is 0. The number of esters is 2. The highest BCUT2D eigenvalue weighted by atomic mass is 16.7. The van der Waals surface area contributed by atoms with Crippen molar-refractivity contribution in [1.82, 2.24) is 0 Å². The zero-order chi connectivity index (χ0) is 61.9. The van der Waals surface area contributed by atoms with Crippen LogP contribution in [0, 0.1) is 0 Å². The Bertz CT molecular complexity index is 1860. The van der Waals surface area contributed by atoms with Gasteiger partial charge in [-0.05, 0) is 116 Å². The van der Waals surface area contributed by atoms with Gasteiger partial charge in [0.1, 0.15) is 13.2 Å². The maximum absolute atomic E-state index is 12.9. The molecule has 0 aromatic rings. The van der Waals surface area contributed by atoms with Gasteiger partial charge in [-0.15, -0.1) is 0 Å². The topological polar surface area (TPSA) is 111 Å². The van der Waals surface area contributed by atoms with E-state index in [1.807, 2.05) is 21.1 Å². The molecule has 0 aliphatic rings. The van der Waals surface area contributed by atoms with Gasteiger partial charge in [0.05, 0.1) is 40.3 Å². The van der Waals surface area contributed by atoms with Crippen LogP contribution in [0.4, 0.5) is 0 Å². The number of nitrogens with zero attached hydrogens (tertiary/aromatic N) is 1. The Morgan fingerprint density at radius 3 is 1.00 bits per heavy atom. The first-order valence-electron chi connectivity index (χ1n) is 34.3. The summed E-state index contributed by atoms with van der Waals surface area (Å²) in [4.78, 5) is 37.5. The summed E-state index contributed by atoms with van der Waals surface area (Å²) in [6, 6.07) is 0. The van der Waals surface area contributed by atoms with Gasteiger partial charge in [0.15, 0.2) is 12.4 Å². The molecule has 85 heavy (non-hydrogen) atoms. The molecule has 9 nitrogen and oxygen atoms in total. The van der Waals surface area contributed by atoms with E-state index in [1.165, 1.54) is 116 Å². The van der Waals surface area contributed by atoms with Crippen molar-refractivity contribution in [3.63, 3.8) is 0 Å². The normalized spacial score (nSPS) is 13.6. The van der Waals surface area contributed by atoms with Crippen LogP contribution in [-0.2, 0) is 33.3 Å². The molecular formula is C76H127NO8. The maximum atomic E-state index is 12.9. The van der Waals surface area contributed by atoms with Gasteiger partial charge in [-0.3, -0.25) is 9.59 Å². The highest BCUT2D eigenvalue weighted by Crippen LogP contribution is 2.16. The Labute approximate surface area is 522 Å². The quantitative estimate of drug-likeness (QED) is 0.0195. The van der Waals surface area contributed by atoms with Crippen molar-refractivity contribution in [2.24, 2.45) is 0 Å². The zero-order valence-corrected chi connectivity index (χ0v) is 55.2. The van der Waals surface area contributed by atoms with Crippen LogP contribution in [0.3, 0.4) is 0 Å². The van der Waals surface area contributed by atoms with Crippen LogP contribution in [0.25, 0.3) is 0 Å². The lowest BCUT2D eigenvalue weighted by molar-refractivity contribution is -0.870. The predicted octanol–water partition coefficient (Wildman–Crippen LogP) is 20.0. The predicted molar refractivity (Wildman–Crippen MR) is 361 cm³/mol. The molecule has 2 atom stereocenters. The molecule has 0 N–H and O–H groups in total. The van der Waals surface area contributed by atoms with Crippen molar-refractivity contribution in [1.29, 1.82) is 0 Å². The van der Waals surface area contributed by atoms with E-state index in [0.29, 0.717) is 17.4 Å². The monoisotopic (exact) mass is 1180 g/mol. The van der Waals surface area contributed by atoms with Gasteiger partial charge >= 0.3 is 11.9 Å². The summed E-state index contributed by atoms with van der Waals surface area (Å²) in [7, 11) is 5.92. The Morgan fingerprint density at radius 2 is 0.671 bits per heavy atom. The van der Waals surface area contributed by atoms with E-state index in [9.17, 15) is 19.5 Å². The summed E-state index contributed by atoms with van der Waals surface area (Å²) in [6.45, 7) is 4.62. The number of hydrogen-bond donors (Lipinski definition) is 0. The molecule has 0 fully saturated rings. The van der Waals surface area contributed by atoms with Crippen molar-refractivity contribution in [3.05, 3.63) is 134 Å². The van der Waals surface area contributed by atoms with Gasteiger partial charge in [0, 0.05) is 12.8 Å². The van der Waals surface area contributed by atoms with Crippen molar-refractivity contribution in [2.75, 3.05) is 47.5 Å². The van der Waals surface area contributed by atoms with Crippen LogP contribution in [-0.4, -0.2) is 82.3 Å². The number of carbonyl (C=O) groups is 3. The SMILES string of the molecule is CC/C=C\C/C=C\C/C=C\C/C=C\C/C=C\C/C=C\C/C=C\C/C=C\CCCCCCCCCCCCC(=O)OC(COC(=O)CCCCCCCCCCCC/C=C\C/C=C\C/C=C\CCCCCCC)COC(OCC[N+](C)(C)C)C(=O)[O-]. The first-order chi connectivity index (χ1) is 41.6. The molecule has 484 valence electrons. The Morgan fingerprint density at radius 1 is 0.365 bits per heavy atom. The molecule has 0 aliphatic carbocycles. The van der Waals surface area contributed by atoms with Gasteiger partial charge in [-0.2, -0.15) is 0 Å². The molecule has 0 bridgehead atoms. The molecule has 0 heterocycles. The summed E-state index contributed by atoms with van der Waals surface area (Å²) in [6.07, 6.45) is 90.9. The molecular weight excluding hydrogens is 1050 g/mol. The maximum Gasteiger partial charge on any atom is 0.306 e. The second-order valence-electron chi connectivity index (χ2n) is 23.7. The average Bonchev–Trinajstić information content (AvgIpc) is 3.48. The largest absolute Gasteiger partial charge is 0.545 e. The second-order valence-corrected chi connectivity index (χ2v) is 23.7. The van der Waals surface area contributed by atoms with Crippen molar-refractivity contribution in [3.8, 4) is 0 Å². The van der Waals surface area contributed by atoms with Gasteiger partial charge < -0.3 is 33.3 Å². The number of aliphatic carboxylic acids is 1. The van der Waals surface area contributed by atoms with E-state index < -0.39 is 24.3 Å². The Kier molecular flexibility index (Phi) is 61.9. The molecule has 2 unspecified atom stereocenters. The summed E-state index contributed by atoms with van der Waals surface area (Å²) in [5.74, 6) is -2.30. The lowest BCUT2D eigenvalue weighted by Crippen LogP contribution is -2.44. The molecule has 0 saturated heterocycles. The number of carboxylic acids is 1. The third kappa shape index (κ3) is 66.8. The Balaban J connectivity index is 4.19. The number of rotatable bonds is 62. The number of unbranched alkanes of at least 4 members (excludes halogenated alkanes) is 25. The standard InChI is InChI=1S/C76H127NO8/c1-6-8-10-12-14-16-18-20-22-24-26-28-30-32-33-34-35-36-37-38-39-40-41-43-45-47-49-51-53-55-57-59-61-63-65-67-74(79)85-72(71-84-76(75(80)81)82-69-68-77(3,4)5)70-83-73(78)66-64-62-60-58-56-54-52-50-48-46-44-42-31-29-27-25-23-21-19-17-15-13-11-9-7-2/h8,10,14,16,19-22,25-28,31-33,35-36,38-39,41-43,72,76H,6-7,9,11-13,15,17-18,23-24,29-30,34,37,40,44-71H2,1-5H3/b10-8-,16-14-,21-19-,22-20-,27-25-,28-26-,33-32-,36-35-,39-38-,42-31-,43-41-. The number of carboxylic acid groups (broad SMARTS) is 1. The molecule has 0 radical (unpaired) electrons. The number of carbonyl (C=O) groups excluding carboxylic acids is 3. The fourth-order valence-electron chi connectivity index (χ4n) is 9.15. The Hall–Kier alpha value is -4.57. The first kappa shape index (κ1) is 80.4. The molecule has 0 aromatic carbocycles. The van der Waals surface area contributed by atoms with E-state index in [0.717, 1.165) is 122 Å². The number of quaternary nitrogens is 1. The van der Waals surface area contributed by atoms with Crippen LogP contribution in [0.5, 0.6) is 0 Å². The summed E-state index contributed by atoms with van der Waals surface area (Å²) in [5, 5.41) is 11.8. The van der Waals surface area contributed by atoms with Gasteiger partial charge in [0.2, 0.25) is 0 Å². The molecule has 9 heteroatoms. The molecule has 0 rings (SSSR count). The second kappa shape index (κ2) is 65.4. The van der Waals surface area contributed by atoms with Crippen molar-refractivity contribution in [2.45, 2.75) is 283 Å². The third-order valence-electron chi connectivity index (χ3n) is 14.4. The minimum absolute atomic E-state index is 0.140. The summed E-state index contributed by atoms with van der Waals surface area (Å²) < 4.78 is 22.8. The smallest absolute Gasteiger partial charge is 0.306 e. The van der Waals surface area contributed by atoms with Crippen molar-refractivity contribution < 1.29 is 42.9 Å². The number of allylic oxidation sites excluding steroid dienone is 22. The van der Waals surface area contributed by atoms with Gasteiger partial charge in [0.25, 0.3) is 0 Å². The highest BCUT2D eigenvalue weighted by molar-refractivity contribution is 5.70. The number of likely N-dealkylation sites (N-methyl/N-ethyl adjacent to an activating group) is 1. The number of hydrogen-bond acceptors (Lipinski definition) is 8. The summed E-state index contributed by atoms with van der Waals surface area (Å²) >= 11 is 0. The lowest BCUT2D eigenvalue weighted by Gasteiger charge is -2.26. The molecule has 0 saturated carbocycles. The van der Waals surface area contributed by atoms with E-state index in [-0.39, 0.29) is 38.6 Å².